The zero-order valence-corrected chi connectivity index (χ0v) is 13.3. The van der Waals surface area contributed by atoms with Crippen molar-refractivity contribution in [1.82, 2.24) is 19.7 Å². The zero-order chi connectivity index (χ0) is 16.3. The first-order valence-electron chi connectivity index (χ1n) is 8.53. The van der Waals surface area contributed by atoms with E-state index in [1.165, 1.54) is 31.4 Å². The lowest BCUT2D eigenvalue weighted by molar-refractivity contribution is 0.277. The number of fused-ring (bicyclic) bond motifs is 1. The Kier molecular flexibility index (Phi) is 2.89. The fourth-order valence-corrected chi connectivity index (χ4v) is 3.79. The molecule has 2 heterocycles. The number of H-pyrrole nitrogens is 1. The lowest BCUT2D eigenvalue weighted by atomic mass is 10.1. The predicted molar refractivity (Wildman–Crippen MR) is 88.0 cm³/mol. The highest BCUT2D eigenvalue weighted by Crippen LogP contribution is 2.74. The SMILES string of the molecule is OCCCn1nc(C2CC23CC3)nc1-c1c[nH]c2cc(F)ccc12. The normalized spacial score (nSPS) is 20.8. The third-order valence-corrected chi connectivity index (χ3v) is 5.49. The van der Waals surface area contributed by atoms with E-state index < -0.39 is 0 Å². The molecule has 0 aliphatic heterocycles. The number of aliphatic hydroxyl groups excluding tert-OH is 1. The Morgan fingerprint density at radius 1 is 1.38 bits per heavy atom. The molecule has 5 nitrogen and oxygen atoms in total. The first-order valence-corrected chi connectivity index (χ1v) is 8.53. The maximum Gasteiger partial charge on any atom is 0.160 e. The van der Waals surface area contributed by atoms with Gasteiger partial charge in [0, 0.05) is 41.7 Å². The third kappa shape index (κ3) is 2.09. The monoisotopic (exact) mass is 326 g/mol. The van der Waals surface area contributed by atoms with Crippen molar-refractivity contribution in [2.24, 2.45) is 5.41 Å². The first kappa shape index (κ1) is 14.2. The molecule has 0 saturated heterocycles. The summed E-state index contributed by atoms with van der Waals surface area (Å²) in [6.45, 7) is 0.757. The average molecular weight is 326 g/mol. The van der Waals surface area contributed by atoms with Crippen LogP contribution >= 0.6 is 0 Å². The van der Waals surface area contributed by atoms with Crippen molar-refractivity contribution >= 4 is 10.9 Å². The summed E-state index contributed by atoms with van der Waals surface area (Å²) >= 11 is 0. The maximum atomic E-state index is 13.4. The molecule has 3 aromatic rings. The summed E-state index contributed by atoms with van der Waals surface area (Å²) in [5.41, 5.74) is 2.20. The lowest BCUT2D eigenvalue weighted by Gasteiger charge is -2.03. The molecule has 1 aromatic carbocycles. The number of aromatic amines is 1. The molecule has 5 rings (SSSR count). The van der Waals surface area contributed by atoms with Crippen LogP contribution in [0, 0.1) is 11.2 Å². The molecule has 24 heavy (non-hydrogen) atoms. The van der Waals surface area contributed by atoms with E-state index in [2.05, 4.69) is 4.98 Å². The van der Waals surface area contributed by atoms with Crippen LogP contribution in [0.1, 0.15) is 37.4 Å². The summed E-state index contributed by atoms with van der Waals surface area (Å²) in [4.78, 5) is 7.96. The zero-order valence-electron chi connectivity index (χ0n) is 13.3. The van der Waals surface area contributed by atoms with E-state index in [1.54, 1.807) is 6.07 Å². The second-order valence-electron chi connectivity index (χ2n) is 7.11. The number of nitrogens with zero attached hydrogens (tertiary/aromatic N) is 3. The minimum Gasteiger partial charge on any atom is -0.396 e. The van der Waals surface area contributed by atoms with Crippen LogP contribution in [0.2, 0.25) is 0 Å². The minimum atomic E-state index is -0.257. The van der Waals surface area contributed by atoms with Crippen molar-refractivity contribution in [3.05, 3.63) is 36.0 Å². The van der Waals surface area contributed by atoms with E-state index in [4.69, 9.17) is 15.2 Å². The summed E-state index contributed by atoms with van der Waals surface area (Å²) in [5, 5.41) is 14.8. The largest absolute Gasteiger partial charge is 0.396 e. The second-order valence-corrected chi connectivity index (χ2v) is 7.11. The Morgan fingerprint density at radius 2 is 2.25 bits per heavy atom. The van der Waals surface area contributed by atoms with Crippen molar-refractivity contribution in [3.8, 4) is 11.4 Å². The van der Waals surface area contributed by atoms with Gasteiger partial charge in [-0.15, -0.1) is 0 Å². The van der Waals surface area contributed by atoms with Crippen LogP contribution in [0.15, 0.2) is 24.4 Å². The van der Waals surface area contributed by atoms with Crippen LogP contribution in [0.5, 0.6) is 0 Å². The van der Waals surface area contributed by atoms with Crippen LogP contribution in [0.4, 0.5) is 4.39 Å². The Morgan fingerprint density at radius 3 is 3.00 bits per heavy atom. The predicted octanol–water partition coefficient (Wildman–Crippen LogP) is 3.22. The van der Waals surface area contributed by atoms with Gasteiger partial charge in [-0.25, -0.2) is 14.1 Å². The molecular weight excluding hydrogens is 307 g/mol. The number of hydrogen-bond donors (Lipinski definition) is 2. The van der Waals surface area contributed by atoms with Gasteiger partial charge in [-0.2, -0.15) is 5.10 Å². The Bertz CT molecular complexity index is 924. The second kappa shape index (κ2) is 4.89. The van der Waals surface area contributed by atoms with Crippen molar-refractivity contribution in [2.75, 3.05) is 6.61 Å². The Labute approximate surface area is 138 Å². The van der Waals surface area contributed by atoms with Gasteiger partial charge in [-0.1, -0.05) is 0 Å². The summed E-state index contributed by atoms with van der Waals surface area (Å²) in [7, 11) is 0. The van der Waals surface area contributed by atoms with E-state index >= 15 is 0 Å². The highest BCUT2D eigenvalue weighted by Gasteiger charge is 2.64. The molecule has 2 aliphatic carbocycles. The standard InChI is InChI=1S/C18H19FN4O/c19-11-2-3-12-13(10-20-15(12)8-11)17-21-16(14-9-18(14)4-5-18)22-23(17)6-1-7-24/h2-3,8,10,14,20,24H,1,4-7,9H2. The van der Waals surface area contributed by atoms with Crippen molar-refractivity contribution in [3.63, 3.8) is 0 Å². The number of rotatable bonds is 5. The number of nitrogens with one attached hydrogen (secondary N) is 1. The first-order chi connectivity index (χ1) is 11.7. The number of aromatic nitrogens is 4. The number of benzene rings is 1. The molecule has 1 atom stereocenters. The van der Waals surface area contributed by atoms with E-state index in [-0.39, 0.29) is 12.4 Å². The fourth-order valence-electron chi connectivity index (χ4n) is 3.79. The minimum absolute atomic E-state index is 0.126. The molecule has 2 N–H and O–H groups in total. The van der Waals surface area contributed by atoms with E-state index in [1.807, 2.05) is 10.9 Å². The van der Waals surface area contributed by atoms with Gasteiger partial charge in [0.15, 0.2) is 11.6 Å². The summed E-state index contributed by atoms with van der Waals surface area (Å²) in [6.07, 6.45) is 6.31. The number of halogens is 1. The average Bonchev–Trinajstić information content (AvgIpc) is 3.41. The smallest absolute Gasteiger partial charge is 0.160 e. The van der Waals surface area contributed by atoms with Crippen LogP contribution < -0.4 is 0 Å². The summed E-state index contributed by atoms with van der Waals surface area (Å²) < 4.78 is 15.3. The van der Waals surface area contributed by atoms with Crippen LogP contribution in [0.25, 0.3) is 22.3 Å². The topological polar surface area (TPSA) is 66.7 Å². The number of aliphatic hydroxyl groups is 1. The number of aryl methyl sites for hydroxylation is 1. The van der Waals surface area contributed by atoms with Crippen molar-refractivity contribution < 1.29 is 9.50 Å². The van der Waals surface area contributed by atoms with Gasteiger partial charge in [0.05, 0.1) is 0 Å². The van der Waals surface area contributed by atoms with E-state index in [0.29, 0.717) is 24.3 Å². The molecular formula is C18H19FN4O. The molecule has 1 spiro atoms. The van der Waals surface area contributed by atoms with E-state index in [0.717, 1.165) is 28.1 Å². The fraction of sp³-hybridized carbons (Fsp3) is 0.444. The van der Waals surface area contributed by atoms with E-state index in [9.17, 15) is 4.39 Å². The van der Waals surface area contributed by atoms with Gasteiger partial charge in [0.1, 0.15) is 5.82 Å². The molecule has 2 saturated carbocycles. The lowest BCUT2D eigenvalue weighted by Crippen LogP contribution is -2.04. The highest BCUT2D eigenvalue weighted by atomic mass is 19.1. The molecule has 0 radical (unpaired) electrons. The van der Waals surface area contributed by atoms with Gasteiger partial charge in [-0.3, -0.25) is 0 Å². The maximum absolute atomic E-state index is 13.4. The Hall–Kier alpha value is -2.21. The van der Waals surface area contributed by atoms with Crippen molar-refractivity contribution in [2.45, 2.75) is 38.1 Å². The summed E-state index contributed by atoms with van der Waals surface area (Å²) in [5.74, 6) is 1.97. The molecule has 6 heteroatoms. The quantitative estimate of drug-likeness (QED) is 0.756. The summed E-state index contributed by atoms with van der Waals surface area (Å²) in [6, 6.07) is 4.74. The molecule has 0 amide bonds. The molecule has 0 bridgehead atoms. The molecule has 2 aromatic heterocycles. The van der Waals surface area contributed by atoms with Crippen LogP contribution in [0.3, 0.4) is 0 Å². The molecule has 1 unspecified atom stereocenters. The third-order valence-electron chi connectivity index (χ3n) is 5.49. The Balaban J connectivity index is 1.59. The van der Waals surface area contributed by atoms with Gasteiger partial charge in [0.25, 0.3) is 0 Å². The highest BCUT2D eigenvalue weighted by molar-refractivity contribution is 5.93. The molecule has 2 fully saturated rings. The number of hydrogen-bond acceptors (Lipinski definition) is 3. The van der Waals surface area contributed by atoms with Crippen molar-refractivity contribution in [1.29, 1.82) is 0 Å². The van der Waals surface area contributed by atoms with Gasteiger partial charge in [0.2, 0.25) is 0 Å². The molecule has 2 aliphatic rings. The van der Waals surface area contributed by atoms with Crippen LogP contribution in [-0.2, 0) is 6.54 Å². The van der Waals surface area contributed by atoms with Gasteiger partial charge in [-0.05, 0) is 49.3 Å². The van der Waals surface area contributed by atoms with Gasteiger partial charge >= 0.3 is 0 Å². The molecule has 124 valence electrons. The van der Waals surface area contributed by atoms with Crippen LogP contribution in [-0.4, -0.2) is 31.5 Å². The van der Waals surface area contributed by atoms with Gasteiger partial charge < -0.3 is 10.1 Å².